The van der Waals surface area contributed by atoms with Gasteiger partial charge in [0.05, 0.1) is 12.4 Å². The minimum atomic E-state index is 0.951. The summed E-state index contributed by atoms with van der Waals surface area (Å²) < 4.78 is 0. The average molecular weight is 447 g/mol. The van der Waals surface area contributed by atoms with Gasteiger partial charge in [0.2, 0.25) is 0 Å². The van der Waals surface area contributed by atoms with Crippen LogP contribution in [0.5, 0.6) is 0 Å². The van der Waals surface area contributed by atoms with E-state index in [-0.39, 0.29) is 0 Å². The van der Waals surface area contributed by atoms with E-state index in [1.165, 1.54) is 68.7 Å². The van der Waals surface area contributed by atoms with Crippen molar-refractivity contribution in [3.8, 4) is 19.5 Å². The fourth-order valence-electron chi connectivity index (χ4n) is 3.34. The lowest BCUT2D eigenvalue weighted by molar-refractivity contribution is 0.321. The maximum atomic E-state index is 8.86. The summed E-state index contributed by atoms with van der Waals surface area (Å²) in [6.45, 7) is 4.47. The fourth-order valence-corrected chi connectivity index (χ4v) is 6.76. The molecule has 29 heavy (non-hydrogen) atoms. The van der Waals surface area contributed by atoms with Gasteiger partial charge in [0.15, 0.2) is 0 Å². The zero-order valence-electron chi connectivity index (χ0n) is 16.7. The molecule has 3 aromatic rings. The van der Waals surface area contributed by atoms with Crippen LogP contribution in [0, 0.1) is 0 Å². The molecule has 0 saturated heterocycles. The number of nitrogens with zero attached hydrogens (tertiary/aromatic N) is 2. The standard InChI is InChI=1S/C22H26N2O2S3/c1-3-5-7-17-18(8-6-4-2)22(20-12-10-16(28-20)14-24-26)29-21(17)19-11-9-15(27-19)13-23-25/h9-14,25-26H,3-8H2,1-2H3/b23-13-,24-14-. The van der Waals surface area contributed by atoms with Crippen LogP contribution >= 0.6 is 34.0 Å². The summed E-state index contributed by atoms with van der Waals surface area (Å²) in [5.41, 5.74) is 2.95. The molecule has 0 aromatic carbocycles. The van der Waals surface area contributed by atoms with Crippen LogP contribution in [-0.2, 0) is 12.8 Å². The Kier molecular flexibility index (Phi) is 8.03. The second-order valence-corrected chi connectivity index (χ2v) is 10.1. The molecule has 0 aliphatic heterocycles. The normalized spacial score (nSPS) is 11.9. The van der Waals surface area contributed by atoms with E-state index in [0.717, 1.165) is 22.6 Å². The molecule has 0 unspecified atom stereocenters. The highest BCUT2D eigenvalue weighted by molar-refractivity contribution is 7.27. The number of oxime groups is 2. The molecule has 4 nitrogen and oxygen atoms in total. The van der Waals surface area contributed by atoms with Gasteiger partial charge in [0.1, 0.15) is 0 Å². The van der Waals surface area contributed by atoms with Gasteiger partial charge >= 0.3 is 0 Å². The molecule has 3 aromatic heterocycles. The van der Waals surface area contributed by atoms with Gasteiger partial charge in [0.25, 0.3) is 0 Å². The van der Waals surface area contributed by atoms with Crippen molar-refractivity contribution in [2.45, 2.75) is 52.4 Å². The smallest absolute Gasteiger partial charge is 0.0833 e. The van der Waals surface area contributed by atoms with Gasteiger partial charge in [-0.15, -0.1) is 34.0 Å². The first-order valence-corrected chi connectivity index (χ1v) is 12.4. The quantitative estimate of drug-likeness (QED) is 0.192. The van der Waals surface area contributed by atoms with E-state index in [1.807, 2.05) is 23.5 Å². The molecule has 7 heteroatoms. The Balaban J connectivity index is 2.13. The average Bonchev–Trinajstić information content (AvgIpc) is 3.44. The lowest BCUT2D eigenvalue weighted by Gasteiger charge is -2.08. The van der Waals surface area contributed by atoms with Crippen molar-refractivity contribution >= 4 is 46.4 Å². The first kappa shape index (κ1) is 21.7. The zero-order chi connectivity index (χ0) is 20.6. The highest BCUT2D eigenvalue weighted by Gasteiger charge is 2.21. The van der Waals surface area contributed by atoms with Crippen molar-refractivity contribution in [1.29, 1.82) is 0 Å². The molecule has 0 saturated carbocycles. The fraction of sp³-hybridized carbons (Fsp3) is 0.364. The van der Waals surface area contributed by atoms with Gasteiger partial charge in [-0.1, -0.05) is 37.0 Å². The summed E-state index contributed by atoms with van der Waals surface area (Å²) in [5.74, 6) is 0. The molecular formula is C22H26N2O2S3. The van der Waals surface area contributed by atoms with E-state index in [0.29, 0.717) is 0 Å². The Morgan fingerprint density at radius 1 is 0.724 bits per heavy atom. The van der Waals surface area contributed by atoms with Gasteiger partial charge in [-0.2, -0.15) is 0 Å². The van der Waals surface area contributed by atoms with E-state index in [1.54, 1.807) is 22.7 Å². The molecule has 0 atom stereocenters. The minimum Gasteiger partial charge on any atom is -0.411 e. The van der Waals surface area contributed by atoms with E-state index in [2.05, 4.69) is 36.3 Å². The number of hydrogen-bond acceptors (Lipinski definition) is 7. The second kappa shape index (κ2) is 10.7. The van der Waals surface area contributed by atoms with Gasteiger partial charge < -0.3 is 10.4 Å². The molecule has 0 aliphatic carbocycles. The molecule has 0 amide bonds. The third kappa shape index (κ3) is 5.15. The molecule has 3 heterocycles. The van der Waals surface area contributed by atoms with Crippen LogP contribution < -0.4 is 0 Å². The molecule has 154 valence electrons. The number of rotatable bonds is 10. The molecular weight excluding hydrogens is 420 g/mol. The number of thiophene rings is 3. The van der Waals surface area contributed by atoms with E-state index >= 15 is 0 Å². The topological polar surface area (TPSA) is 65.2 Å². The van der Waals surface area contributed by atoms with E-state index < -0.39 is 0 Å². The molecule has 0 fully saturated rings. The van der Waals surface area contributed by atoms with Crippen LogP contribution in [-0.4, -0.2) is 22.8 Å². The Bertz CT molecular complexity index is 906. The van der Waals surface area contributed by atoms with Crippen molar-refractivity contribution in [3.63, 3.8) is 0 Å². The highest BCUT2D eigenvalue weighted by atomic mass is 32.1. The Hall–Kier alpha value is -1.96. The monoisotopic (exact) mass is 446 g/mol. The van der Waals surface area contributed by atoms with Crippen LogP contribution in [0.4, 0.5) is 0 Å². The molecule has 0 radical (unpaired) electrons. The van der Waals surface area contributed by atoms with E-state index in [9.17, 15) is 0 Å². The molecule has 0 spiro atoms. The number of unbranched alkanes of at least 4 members (excludes halogenated alkanes) is 2. The van der Waals surface area contributed by atoms with Gasteiger partial charge in [0, 0.05) is 29.3 Å². The predicted molar refractivity (Wildman–Crippen MR) is 127 cm³/mol. The maximum absolute atomic E-state index is 8.86. The van der Waals surface area contributed by atoms with Crippen LogP contribution in [0.2, 0.25) is 0 Å². The maximum Gasteiger partial charge on any atom is 0.0833 e. The van der Waals surface area contributed by atoms with Crippen molar-refractivity contribution in [2.75, 3.05) is 0 Å². The second-order valence-electron chi connectivity index (χ2n) is 6.82. The summed E-state index contributed by atoms with van der Waals surface area (Å²) >= 11 is 5.19. The molecule has 0 bridgehead atoms. The zero-order valence-corrected chi connectivity index (χ0v) is 19.2. The van der Waals surface area contributed by atoms with Crippen molar-refractivity contribution < 1.29 is 10.4 Å². The Morgan fingerprint density at radius 2 is 1.17 bits per heavy atom. The van der Waals surface area contributed by atoms with Crippen molar-refractivity contribution in [2.24, 2.45) is 10.3 Å². The lowest BCUT2D eigenvalue weighted by atomic mass is 9.97. The van der Waals surface area contributed by atoms with Gasteiger partial charge in [-0.25, -0.2) is 0 Å². The predicted octanol–water partition coefficient (Wildman–Crippen LogP) is 7.51. The summed E-state index contributed by atoms with van der Waals surface area (Å²) in [5, 5.41) is 24.1. The van der Waals surface area contributed by atoms with Crippen LogP contribution in [0.25, 0.3) is 19.5 Å². The first-order chi connectivity index (χ1) is 14.2. The minimum absolute atomic E-state index is 0.951. The van der Waals surface area contributed by atoms with Gasteiger partial charge in [-0.05, 0) is 61.1 Å². The summed E-state index contributed by atoms with van der Waals surface area (Å²) in [4.78, 5) is 7.04. The van der Waals surface area contributed by atoms with Crippen LogP contribution in [0.1, 0.15) is 60.4 Å². The lowest BCUT2D eigenvalue weighted by Crippen LogP contribution is -1.94. The van der Waals surface area contributed by atoms with Crippen molar-refractivity contribution in [3.05, 3.63) is 45.1 Å². The SMILES string of the molecule is CCCCc1c(-c2ccc(/C=N\O)s2)sc(-c2ccc(/C=N\O)s2)c1CCCC. The Labute approximate surface area is 183 Å². The highest BCUT2D eigenvalue weighted by Crippen LogP contribution is 2.47. The summed E-state index contributed by atoms with van der Waals surface area (Å²) in [7, 11) is 0. The molecule has 3 rings (SSSR count). The number of hydrogen-bond donors (Lipinski definition) is 2. The van der Waals surface area contributed by atoms with Gasteiger partial charge in [-0.3, -0.25) is 0 Å². The van der Waals surface area contributed by atoms with E-state index in [4.69, 9.17) is 10.4 Å². The third-order valence-electron chi connectivity index (χ3n) is 4.75. The summed E-state index contributed by atoms with van der Waals surface area (Å²) in [6, 6.07) is 8.29. The van der Waals surface area contributed by atoms with Crippen LogP contribution in [0.15, 0.2) is 34.6 Å². The van der Waals surface area contributed by atoms with Crippen molar-refractivity contribution in [1.82, 2.24) is 0 Å². The van der Waals surface area contributed by atoms with Crippen LogP contribution in [0.3, 0.4) is 0 Å². The Morgan fingerprint density at radius 3 is 1.55 bits per heavy atom. The molecule has 2 N–H and O–H groups in total. The third-order valence-corrected chi connectivity index (χ3v) is 8.42. The summed E-state index contributed by atoms with van der Waals surface area (Å²) in [6.07, 6.45) is 9.83. The first-order valence-electron chi connectivity index (χ1n) is 9.91. The largest absolute Gasteiger partial charge is 0.411 e. The molecule has 0 aliphatic rings.